The topological polar surface area (TPSA) is 20.2 Å². The molecule has 2 atom stereocenters. The molecule has 0 saturated heterocycles. The fraction of sp³-hybridized carbons (Fsp3) is 0.889. The molecular formula is C18H34O. The van der Waals surface area contributed by atoms with Crippen LogP contribution >= 0.6 is 0 Å². The minimum Gasteiger partial charge on any atom is -0.396 e. The minimum atomic E-state index is 0.330. The van der Waals surface area contributed by atoms with Gasteiger partial charge in [-0.2, -0.15) is 0 Å². The smallest absolute Gasteiger partial charge is 0.0433 e. The Morgan fingerprint density at radius 1 is 0.947 bits per heavy atom. The molecule has 0 aromatic carbocycles. The van der Waals surface area contributed by atoms with Crippen LogP contribution < -0.4 is 0 Å². The van der Waals surface area contributed by atoms with E-state index in [0.717, 1.165) is 24.7 Å². The lowest BCUT2D eigenvalue weighted by atomic mass is 10.1. The first kappa shape index (κ1) is 16.8. The molecule has 0 radical (unpaired) electrons. The van der Waals surface area contributed by atoms with Gasteiger partial charge < -0.3 is 5.11 Å². The van der Waals surface area contributed by atoms with Crippen molar-refractivity contribution in [3.05, 3.63) is 12.2 Å². The van der Waals surface area contributed by atoms with Crippen LogP contribution in [0.4, 0.5) is 0 Å². The highest BCUT2D eigenvalue weighted by atomic mass is 16.2. The maximum Gasteiger partial charge on any atom is 0.0433 e. The Kier molecular flexibility index (Phi) is 10.2. The van der Waals surface area contributed by atoms with Crippen molar-refractivity contribution in [2.45, 2.75) is 84.0 Å². The molecule has 0 spiro atoms. The van der Waals surface area contributed by atoms with Gasteiger partial charge >= 0.3 is 0 Å². The molecule has 0 heterocycles. The predicted molar refractivity (Wildman–Crippen MR) is 84.3 cm³/mol. The molecule has 0 aromatic rings. The quantitative estimate of drug-likeness (QED) is 0.345. The monoisotopic (exact) mass is 266 g/mol. The highest BCUT2D eigenvalue weighted by Crippen LogP contribution is 2.43. The summed E-state index contributed by atoms with van der Waals surface area (Å²) in [7, 11) is 0. The summed E-state index contributed by atoms with van der Waals surface area (Å²) < 4.78 is 0. The molecular weight excluding hydrogens is 232 g/mol. The van der Waals surface area contributed by atoms with Gasteiger partial charge in [0.15, 0.2) is 0 Å². The van der Waals surface area contributed by atoms with Gasteiger partial charge in [0, 0.05) is 6.61 Å². The summed E-state index contributed by atoms with van der Waals surface area (Å²) in [6.45, 7) is 2.61. The van der Waals surface area contributed by atoms with Crippen molar-refractivity contribution in [3.63, 3.8) is 0 Å². The van der Waals surface area contributed by atoms with E-state index in [1.54, 1.807) is 0 Å². The van der Waals surface area contributed by atoms with Gasteiger partial charge in [-0.25, -0.2) is 0 Å². The number of hydrogen-bond donors (Lipinski definition) is 1. The zero-order valence-electron chi connectivity index (χ0n) is 12.9. The fourth-order valence-electron chi connectivity index (χ4n) is 2.86. The van der Waals surface area contributed by atoms with Crippen LogP contribution in [-0.2, 0) is 0 Å². The third-order valence-electron chi connectivity index (χ3n) is 4.32. The Bertz CT molecular complexity index is 222. The summed E-state index contributed by atoms with van der Waals surface area (Å²) >= 11 is 0. The summed E-state index contributed by atoms with van der Waals surface area (Å²) in [5.41, 5.74) is 0. The van der Waals surface area contributed by atoms with Crippen LogP contribution in [0.5, 0.6) is 0 Å². The molecule has 1 aliphatic carbocycles. The van der Waals surface area contributed by atoms with Crippen molar-refractivity contribution < 1.29 is 5.11 Å². The maximum atomic E-state index is 8.70. The molecule has 1 aliphatic rings. The number of allylic oxidation sites excluding steroid dienone is 2. The number of aliphatic hydroxyl groups is 1. The average Bonchev–Trinajstić information content (AvgIpc) is 3.16. The molecule has 1 rings (SSSR count). The molecule has 0 amide bonds. The summed E-state index contributed by atoms with van der Waals surface area (Å²) in [6, 6.07) is 0. The number of hydrogen-bond acceptors (Lipinski definition) is 1. The van der Waals surface area contributed by atoms with Crippen molar-refractivity contribution in [1.29, 1.82) is 0 Å². The Hall–Kier alpha value is -0.300. The molecule has 0 bridgehead atoms. The van der Waals surface area contributed by atoms with Gasteiger partial charge in [0.25, 0.3) is 0 Å². The number of unbranched alkanes of at least 4 members (excludes halogenated alkanes) is 8. The number of aliphatic hydroxyl groups excluding tert-OH is 1. The lowest BCUT2D eigenvalue weighted by Gasteiger charge is -2.01. The summed E-state index contributed by atoms with van der Waals surface area (Å²) in [4.78, 5) is 0. The van der Waals surface area contributed by atoms with E-state index in [4.69, 9.17) is 5.11 Å². The standard InChI is InChI=1S/C18H34O/c1-2-3-4-5-6-7-8-10-13-17-16-18(17)14-11-9-12-15-19/h11,14,17-19H,2-10,12-13,15-16H2,1H3/b14-11-/t17-,18+/m1/s1. The SMILES string of the molecule is CCCCCCCCCC[C@@H]1C[C@@H]1/C=C\CCCO. The van der Waals surface area contributed by atoms with Gasteiger partial charge in [0.2, 0.25) is 0 Å². The highest BCUT2D eigenvalue weighted by molar-refractivity contribution is 5.01. The Labute approximate surface area is 120 Å². The van der Waals surface area contributed by atoms with E-state index >= 15 is 0 Å². The Balaban J connectivity index is 1.80. The van der Waals surface area contributed by atoms with Crippen molar-refractivity contribution in [2.24, 2.45) is 11.8 Å². The molecule has 1 fully saturated rings. The summed E-state index contributed by atoms with van der Waals surface area (Å²) in [5, 5.41) is 8.70. The zero-order chi connectivity index (χ0) is 13.8. The second-order valence-electron chi connectivity index (χ2n) is 6.22. The second-order valence-corrected chi connectivity index (χ2v) is 6.22. The minimum absolute atomic E-state index is 0.330. The molecule has 0 unspecified atom stereocenters. The van der Waals surface area contributed by atoms with Gasteiger partial charge in [0.1, 0.15) is 0 Å². The van der Waals surface area contributed by atoms with Gasteiger partial charge in [-0.3, -0.25) is 0 Å². The van der Waals surface area contributed by atoms with Gasteiger partial charge in [0.05, 0.1) is 0 Å². The molecule has 1 N–H and O–H groups in total. The van der Waals surface area contributed by atoms with E-state index in [0.29, 0.717) is 6.61 Å². The van der Waals surface area contributed by atoms with Crippen LogP contribution in [0.25, 0.3) is 0 Å². The van der Waals surface area contributed by atoms with Crippen molar-refractivity contribution >= 4 is 0 Å². The summed E-state index contributed by atoms with van der Waals surface area (Å²) in [6.07, 6.45) is 21.0. The zero-order valence-corrected chi connectivity index (χ0v) is 12.9. The van der Waals surface area contributed by atoms with Crippen LogP contribution in [0.1, 0.15) is 84.0 Å². The molecule has 1 saturated carbocycles. The lowest BCUT2D eigenvalue weighted by molar-refractivity contribution is 0.289. The van der Waals surface area contributed by atoms with Crippen LogP contribution in [-0.4, -0.2) is 11.7 Å². The highest BCUT2D eigenvalue weighted by Gasteiger charge is 2.33. The molecule has 0 aliphatic heterocycles. The van der Waals surface area contributed by atoms with Crippen LogP contribution in [0.3, 0.4) is 0 Å². The molecule has 1 heteroatoms. The Morgan fingerprint density at radius 2 is 1.63 bits per heavy atom. The van der Waals surface area contributed by atoms with Crippen molar-refractivity contribution in [3.8, 4) is 0 Å². The third kappa shape index (κ3) is 9.27. The van der Waals surface area contributed by atoms with Crippen LogP contribution in [0.2, 0.25) is 0 Å². The van der Waals surface area contributed by atoms with Crippen molar-refractivity contribution in [2.75, 3.05) is 6.61 Å². The van der Waals surface area contributed by atoms with E-state index in [-0.39, 0.29) is 0 Å². The molecule has 19 heavy (non-hydrogen) atoms. The number of rotatable bonds is 13. The second kappa shape index (κ2) is 11.5. The molecule has 112 valence electrons. The largest absolute Gasteiger partial charge is 0.396 e. The van der Waals surface area contributed by atoms with Gasteiger partial charge in [-0.1, -0.05) is 70.4 Å². The molecule has 1 nitrogen and oxygen atoms in total. The molecule has 0 aromatic heterocycles. The first-order chi connectivity index (χ1) is 9.38. The van der Waals surface area contributed by atoms with Crippen LogP contribution in [0.15, 0.2) is 12.2 Å². The average molecular weight is 266 g/mol. The van der Waals surface area contributed by atoms with E-state index < -0.39 is 0 Å². The van der Waals surface area contributed by atoms with Gasteiger partial charge in [-0.15, -0.1) is 0 Å². The Morgan fingerprint density at radius 3 is 2.32 bits per heavy atom. The van der Waals surface area contributed by atoms with E-state index in [2.05, 4.69) is 19.1 Å². The van der Waals surface area contributed by atoms with Gasteiger partial charge in [-0.05, 0) is 37.5 Å². The van der Waals surface area contributed by atoms with E-state index in [1.807, 2.05) is 0 Å². The maximum absolute atomic E-state index is 8.70. The predicted octanol–water partition coefficient (Wildman–Crippen LogP) is 5.48. The van der Waals surface area contributed by atoms with Crippen LogP contribution in [0, 0.1) is 11.8 Å². The fourth-order valence-corrected chi connectivity index (χ4v) is 2.86. The summed E-state index contributed by atoms with van der Waals surface area (Å²) in [5.74, 6) is 1.87. The first-order valence-corrected chi connectivity index (χ1v) is 8.66. The first-order valence-electron chi connectivity index (χ1n) is 8.66. The van der Waals surface area contributed by atoms with Crippen molar-refractivity contribution in [1.82, 2.24) is 0 Å². The van der Waals surface area contributed by atoms with E-state index in [9.17, 15) is 0 Å². The normalized spacial score (nSPS) is 22.2. The van der Waals surface area contributed by atoms with E-state index in [1.165, 1.54) is 64.2 Å². The third-order valence-corrected chi connectivity index (χ3v) is 4.32. The lowest BCUT2D eigenvalue weighted by Crippen LogP contribution is -1.84.